The van der Waals surface area contributed by atoms with Gasteiger partial charge in [0.05, 0.1) is 6.61 Å². The van der Waals surface area contributed by atoms with Gasteiger partial charge in [-0.1, -0.05) is 0 Å². The summed E-state index contributed by atoms with van der Waals surface area (Å²) in [6, 6.07) is 0. The highest BCUT2D eigenvalue weighted by Gasteiger charge is 2.45. The quantitative estimate of drug-likeness (QED) is 0.613. The fourth-order valence-corrected chi connectivity index (χ4v) is 2.28. The molecule has 0 unspecified atom stereocenters. The number of aryl methyl sites for hydroxylation is 1. The minimum Gasteiger partial charge on any atom is -0.394 e. The lowest BCUT2D eigenvalue weighted by Crippen LogP contribution is -2.37. The van der Waals surface area contributed by atoms with Gasteiger partial charge in [0.1, 0.15) is 12.2 Å². The summed E-state index contributed by atoms with van der Waals surface area (Å²) >= 11 is 5.54. The van der Waals surface area contributed by atoms with Crippen LogP contribution in [0.1, 0.15) is 11.8 Å². The van der Waals surface area contributed by atoms with Gasteiger partial charge in [0.25, 0.3) is 5.56 Å². The molecule has 7 nitrogen and oxygen atoms in total. The van der Waals surface area contributed by atoms with E-state index in [4.69, 9.17) is 21.4 Å². The molecule has 0 radical (unpaired) electrons. The van der Waals surface area contributed by atoms with Crippen LogP contribution >= 0.6 is 11.6 Å². The standard InChI is InChI=1S/C11H14ClFN2O5/c12-2-1-5-3-15(11(19)14-9(5)18)10-7(13)8(17)6(4-16)20-10/h3,6-8,10,16-17H,1-2,4H2,(H,14,18,19)/t6-,7+,8-,10-/m1/s1. The number of H-pyrrole nitrogens is 1. The molecule has 20 heavy (non-hydrogen) atoms. The number of nitrogens with one attached hydrogen (secondary N) is 1. The maximum absolute atomic E-state index is 13.9. The number of aromatic nitrogens is 2. The Bertz CT molecular complexity index is 589. The van der Waals surface area contributed by atoms with Crippen molar-refractivity contribution in [2.45, 2.75) is 31.0 Å². The van der Waals surface area contributed by atoms with Gasteiger partial charge in [-0.3, -0.25) is 14.3 Å². The molecule has 9 heteroatoms. The van der Waals surface area contributed by atoms with Crippen LogP contribution in [0.2, 0.25) is 0 Å². The van der Waals surface area contributed by atoms with Gasteiger partial charge in [-0.25, -0.2) is 9.18 Å². The third-order valence-electron chi connectivity index (χ3n) is 3.15. The SMILES string of the molecule is O=c1[nH]c(=O)n([C@@H]2O[C@H](CO)[C@@H](O)[C@@H]2F)cc1CCCl. The third-order valence-corrected chi connectivity index (χ3v) is 3.34. The zero-order chi connectivity index (χ0) is 14.9. The van der Waals surface area contributed by atoms with Gasteiger partial charge in [0.2, 0.25) is 0 Å². The number of nitrogens with zero attached hydrogens (tertiary/aromatic N) is 1. The fourth-order valence-electron chi connectivity index (χ4n) is 2.07. The molecule has 0 saturated carbocycles. The van der Waals surface area contributed by atoms with E-state index in [1.54, 1.807) is 0 Å². The number of alkyl halides is 2. The van der Waals surface area contributed by atoms with E-state index in [2.05, 4.69) is 0 Å². The summed E-state index contributed by atoms with van der Waals surface area (Å²) in [6.45, 7) is -0.579. The molecule has 0 aliphatic carbocycles. The zero-order valence-electron chi connectivity index (χ0n) is 10.3. The summed E-state index contributed by atoms with van der Waals surface area (Å²) in [5, 5.41) is 18.5. The summed E-state index contributed by atoms with van der Waals surface area (Å²) in [5.74, 6) is 0.160. The Balaban J connectivity index is 2.40. The van der Waals surface area contributed by atoms with Crippen molar-refractivity contribution in [1.29, 1.82) is 0 Å². The lowest BCUT2D eigenvalue weighted by molar-refractivity contribution is -0.0492. The van der Waals surface area contributed by atoms with Crippen molar-refractivity contribution in [2.24, 2.45) is 0 Å². The Morgan fingerprint density at radius 3 is 2.75 bits per heavy atom. The van der Waals surface area contributed by atoms with Crippen molar-refractivity contribution in [1.82, 2.24) is 9.55 Å². The summed E-state index contributed by atoms with van der Waals surface area (Å²) < 4.78 is 19.9. The van der Waals surface area contributed by atoms with Crippen LogP contribution in [-0.4, -0.2) is 50.6 Å². The van der Waals surface area contributed by atoms with E-state index in [-0.39, 0.29) is 17.9 Å². The van der Waals surface area contributed by atoms with Gasteiger partial charge < -0.3 is 14.9 Å². The van der Waals surface area contributed by atoms with E-state index < -0.39 is 42.5 Å². The Morgan fingerprint density at radius 2 is 2.20 bits per heavy atom. The minimum atomic E-state index is -1.89. The van der Waals surface area contributed by atoms with Gasteiger partial charge in [-0.15, -0.1) is 11.6 Å². The highest BCUT2D eigenvalue weighted by molar-refractivity contribution is 6.17. The molecule has 1 aromatic heterocycles. The third kappa shape index (κ3) is 2.64. The highest BCUT2D eigenvalue weighted by Crippen LogP contribution is 2.30. The first kappa shape index (κ1) is 15.2. The second-order valence-electron chi connectivity index (χ2n) is 4.44. The first-order valence-corrected chi connectivity index (χ1v) is 6.51. The molecule has 0 bridgehead atoms. The molecule has 1 fully saturated rings. The molecular formula is C11H14ClFN2O5. The predicted octanol–water partition coefficient (Wildman–Crippen LogP) is -1.09. The second kappa shape index (κ2) is 6.04. The number of halogens is 2. The van der Waals surface area contributed by atoms with E-state index >= 15 is 0 Å². The number of aliphatic hydroxyl groups excluding tert-OH is 2. The average Bonchev–Trinajstić information content (AvgIpc) is 2.70. The molecule has 1 aliphatic rings. The molecular weight excluding hydrogens is 295 g/mol. The van der Waals surface area contributed by atoms with Crippen LogP contribution in [0.3, 0.4) is 0 Å². The summed E-state index contributed by atoms with van der Waals surface area (Å²) in [6.07, 6.45) is -4.59. The summed E-state index contributed by atoms with van der Waals surface area (Å²) in [4.78, 5) is 25.3. The Morgan fingerprint density at radius 1 is 1.50 bits per heavy atom. The van der Waals surface area contributed by atoms with E-state index in [0.717, 1.165) is 10.8 Å². The highest BCUT2D eigenvalue weighted by atomic mass is 35.5. The molecule has 1 aliphatic heterocycles. The summed E-state index contributed by atoms with van der Waals surface area (Å²) in [7, 11) is 0. The molecule has 1 saturated heterocycles. The van der Waals surface area contributed by atoms with Gasteiger partial charge in [0, 0.05) is 17.6 Å². The Labute approximate surface area is 117 Å². The van der Waals surface area contributed by atoms with E-state index in [9.17, 15) is 19.1 Å². The maximum Gasteiger partial charge on any atom is 0.330 e. The molecule has 3 N–H and O–H groups in total. The van der Waals surface area contributed by atoms with E-state index in [1.165, 1.54) is 0 Å². The monoisotopic (exact) mass is 308 g/mol. The molecule has 1 aromatic rings. The van der Waals surface area contributed by atoms with Crippen molar-refractivity contribution < 1.29 is 19.3 Å². The van der Waals surface area contributed by atoms with Crippen LogP contribution in [0.15, 0.2) is 15.8 Å². The van der Waals surface area contributed by atoms with Crippen LogP contribution in [-0.2, 0) is 11.2 Å². The predicted molar refractivity (Wildman–Crippen MR) is 67.6 cm³/mol. The van der Waals surface area contributed by atoms with E-state index in [1.807, 2.05) is 4.98 Å². The molecule has 2 rings (SSSR count). The molecule has 4 atom stereocenters. The topological polar surface area (TPSA) is 105 Å². The number of aliphatic hydroxyl groups is 2. The Hall–Kier alpha value is -1.22. The van der Waals surface area contributed by atoms with Gasteiger partial charge >= 0.3 is 5.69 Å². The van der Waals surface area contributed by atoms with E-state index in [0.29, 0.717) is 0 Å². The van der Waals surface area contributed by atoms with Crippen molar-refractivity contribution in [3.05, 3.63) is 32.6 Å². The van der Waals surface area contributed by atoms with Gasteiger partial charge in [-0.2, -0.15) is 0 Å². The van der Waals surface area contributed by atoms with Crippen molar-refractivity contribution in [3.63, 3.8) is 0 Å². The second-order valence-corrected chi connectivity index (χ2v) is 4.82. The van der Waals surface area contributed by atoms with Crippen molar-refractivity contribution in [3.8, 4) is 0 Å². The maximum atomic E-state index is 13.9. The van der Waals surface area contributed by atoms with Crippen LogP contribution < -0.4 is 11.2 Å². The fraction of sp³-hybridized carbons (Fsp3) is 0.636. The van der Waals surface area contributed by atoms with Gasteiger partial charge in [0.15, 0.2) is 12.4 Å². The molecule has 0 amide bonds. The first-order chi connectivity index (χ1) is 9.49. The molecule has 0 spiro atoms. The number of ether oxygens (including phenoxy) is 1. The minimum absolute atomic E-state index is 0.160. The normalized spacial score (nSPS) is 29.8. The smallest absolute Gasteiger partial charge is 0.330 e. The van der Waals surface area contributed by atoms with Crippen LogP contribution in [0.4, 0.5) is 4.39 Å². The molecule has 112 valence electrons. The number of rotatable bonds is 4. The van der Waals surface area contributed by atoms with Crippen LogP contribution in [0.5, 0.6) is 0 Å². The lowest BCUT2D eigenvalue weighted by Gasteiger charge is -2.16. The number of hydrogen-bond donors (Lipinski definition) is 3. The lowest BCUT2D eigenvalue weighted by atomic mass is 10.1. The van der Waals surface area contributed by atoms with Crippen LogP contribution in [0, 0.1) is 0 Å². The first-order valence-electron chi connectivity index (χ1n) is 5.98. The average molecular weight is 309 g/mol. The van der Waals surface area contributed by atoms with Crippen molar-refractivity contribution in [2.75, 3.05) is 12.5 Å². The molecule has 2 heterocycles. The Kier molecular flexibility index (Phi) is 4.59. The van der Waals surface area contributed by atoms with Crippen LogP contribution in [0.25, 0.3) is 0 Å². The molecule has 0 aromatic carbocycles. The number of aromatic amines is 1. The summed E-state index contributed by atoms with van der Waals surface area (Å²) in [5.41, 5.74) is -1.25. The van der Waals surface area contributed by atoms with Gasteiger partial charge in [-0.05, 0) is 6.42 Å². The largest absolute Gasteiger partial charge is 0.394 e. The van der Waals surface area contributed by atoms with Crippen molar-refractivity contribution >= 4 is 11.6 Å². The number of hydrogen-bond acceptors (Lipinski definition) is 5. The zero-order valence-corrected chi connectivity index (χ0v) is 11.1.